The van der Waals surface area contributed by atoms with E-state index in [-0.39, 0.29) is 17.2 Å². The number of pyridine rings is 2. The van der Waals surface area contributed by atoms with Gasteiger partial charge in [-0.05, 0) is 45.0 Å². The van der Waals surface area contributed by atoms with Crippen molar-refractivity contribution in [2.24, 2.45) is 10.7 Å². The molecule has 3 N–H and O–H groups in total. The molecular formula is C23H23ClFN5O2S. The van der Waals surface area contributed by atoms with Gasteiger partial charge in [0.15, 0.2) is 15.7 Å². The fraction of sp³-hybridized carbons (Fsp3) is 0.261. The standard InChI is InChI=1S/C23H23ClFN5O2S/c1-5-13-10-28-20(19-16(13)8-14(24)11-27-19)29-15-6-7-18(25)17(9-15)23(4)12-33(31,32)22(2,3)21(26)30-23/h5-11H,1,12H2,2-4H3,(H2,26,30)(H,28,29)/t23-/m0/s1. The van der Waals surface area contributed by atoms with Gasteiger partial charge in [0.05, 0.1) is 10.8 Å². The van der Waals surface area contributed by atoms with Crippen LogP contribution in [0.5, 0.6) is 0 Å². The third-order valence-electron chi connectivity index (χ3n) is 5.98. The smallest absolute Gasteiger partial charge is 0.165 e. The maximum absolute atomic E-state index is 14.9. The van der Waals surface area contributed by atoms with Gasteiger partial charge in [0.2, 0.25) is 0 Å². The second-order valence-corrected chi connectivity index (χ2v) is 11.7. The highest BCUT2D eigenvalue weighted by Gasteiger charge is 2.49. The SMILES string of the molecule is C=Cc1cnc(Nc2ccc(F)c([C@]3(C)CS(=O)(=O)C(C)(C)C(N)=N3)c2)c2ncc(Cl)cc12. The molecule has 0 radical (unpaired) electrons. The molecule has 0 saturated carbocycles. The van der Waals surface area contributed by atoms with Crippen molar-refractivity contribution in [2.45, 2.75) is 31.1 Å². The van der Waals surface area contributed by atoms with Gasteiger partial charge >= 0.3 is 0 Å². The van der Waals surface area contributed by atoms with Crippen LogP contribution in [0.2, 0.25) is 5.02 Å². The molecule has 3 heterocycles. The van der Waals surface area contributed by atoms with Crippen LogP contribution < -0.4 is 11.1 Å². The Balaban J connectivity index is 1.80. The van der Waals surface area contributed by atoms with Crippen LogP contribution in [-0.2, 0) is 15.4 Å². The van der Waals surface area contributed by atoms with Crippen LogP contribution in [0.15, 0.2) is 48.2 Å². The van der Waals surface area contributed by atoms with Gasteiger partial charge in [-0.3, -0.25) is 9.98 Å². The van der Waals surface area contributed by atoms with E-state index in [0.717, 1.165) is 10.9 Å². The van der Waals surface area contributed by atoms with E-state index in [9.17, 15) is 12.8 Å². The molecule has 3 aromatic rings. The number of nitrogens with two attached hydrogens (primary N) is 1. The second kappa shape index (κ2) is 7.78. The number of sulfone groups is 1. The van der Waals surface area contributed by atoms with Crippen molar-refractivity contribution >= 4 is 55.8 Å². The van der Waals surface area contributed by atoms with E-state index < -0.39 is 25.9 Å². The van der Waals surface area contributed by atoms with Gasteiger partial charge in [-0.25, -0.2) is 17.8 Å². The van der Waals surface area contributed by atoms with Crippen molar-refractivity contribution in [3.8, 4) is 0 Å². The molecule has 172 valence electrons. The van der Waals surface area contributed by atoms with Crippen molar-refractivity contribution in [1.82, 2.24) is 9.97 Å². The molecular weight excluding hydrogens is 465 g/mol. The lowest BCUT2D eigenvalue weighted by Crippen LogP contribution is -2.54. The molecule has 0 spiro atoms. The number of aromatic nitrogens is 2. The molecule has 0 unspecified atom stereocenters. The summed E-state index contributed by atoms with van der Waals surface area (Å²) in [6.45, 7) is 8.34. The summed E-state index contributed by atoms with van der Waals surface area (Å²) in [6, 6.07) is 6.06. The normalized spacial score (nSPS) is 21.4. The highest BCUT2D eigenvalue weighted by molar-refractivity contribution is 7.93. The lowest BCUT2D eigenvalue weighted by molar-refractivity contribution is 0.476. The Hall–Kier alpha value is -3.04. The molecule has 10 heteroatoms. The lowest BCUT2D eigenvalue weighted by atomic mass is 9.92. The zero-order chi connectivity index (χ0) is 24.2. The van der Waals surface area contributed by atoms with Gasteiger partial charge < -0.3 is 11.1 Å². The number of aliphatic imine (C=N–C) groups is 1. The van der Waals surface area contributed by atoms with Crippen LogP contribution in [0.1, 0.15) is 31.9 Å². The van der Waals surface area contributed by atoms with E-state index >= 15 is 0 Å². The Kier molecular flexibility index (Phi) is 5.45. The van der Waals surface area contributed by atoms with E-state index in [1.54, 1.807) is 25.3 Å². The highest BCUT2D eigenvalue weighted by atomic mass is 35.5. The fourth-order valence-electron chi connectivity index (χ4n) is 3.80. The molecule has 0 saturated heterocycles. The Morgan fingerprint density at radius 2 is 1.94 bits per heavy atom. The number of anilines is 2. The van der Waals surface area contributed by atoms with Crippen LogP contribution in [0.25, 0.3) is 17.0 Å². The van der Waals surface area contributed by atoms with Gasteiger partial charge in [-0.15, -0.1) is 0 Å². The summed E-state index contributed by atoms with van der Waals surface area (Å²) in [5, 5.41) is 4.36. The average Bonchev–Trinajstić information content (AvgIpc) is 2.73. The van der Waals surface area contributed by atoms with E-state index in [2.05, 4.69) is 26.9 Å². The molecule has 4 rings (SSSR count). The molecule has 0 aliphatic carbocycles. The molecule has 0 bridgehead atoms. The molecule has 1 aliphatic heterocycles. The minimum Gasteiger partial charge on any atom is -0.386 e. The van der Waals surface area contributed by atoms with E-state index in [4.69, 9.17) is 17.3 Å². The number of benzene rings is 1. The first kappa shape index (κ1) is 23.1. The first-order valence-corrected chi connectivity index (χ1v) is 12.1. The van der Waals surface area contributed by atoms with Crippen LogP contribution in [0, 0.1) is 5.82 Å². The largest absolute Gasteiger partial charge is 0.386 e. The predicted molar refractivity (Wildman–Crippen MR) is 131 cm³/mol. The number of amidine groups is 1. The van der Waals surface area contributed by atoms with Crippen LogP contribution >= 0.6 is 11.6 Å². The molecule has 7 nitrogen and oxygen atoms in total. The first-order chi connectivity index (χ1) is 15.4. The Morgan fingerprint density at radius 1 is 1.21 bits per heavy atom. The number of rotatable bonds is 4. The van der Waals surface area contributed by atoms with Gasteiger partial charge in [0.1, 0.15) is 27.5 Å². The minimum absolute atomic E-state index is 0.0530. The Morgan fingerprint density at radius 3 is 2.61 bits per heavy atom. The van der Waals surface area contributed by atoms with E-state index in [0.29, 0.717) is 22.0 Å². The molecule has 1 aliphatic rings. The molecule has 1 atom stereocenters. The Labute approximate surface area is 196 Å². The quantitative estimate of drug-likeness (QED) is 0.557. The van der Waals surface area contributed by atoms with Crippen LogP contribution in [0.4, 0.5) is 15.9 Å². The zero-order valence-corrected chi connectivity index (χ0v) is 19.9. The van der Waals surface area contributed by atoms with E-state index in [1.165, 1.54) is 38.2 Å². The van der Waals surface area contributed by atoms with Crippen molar-refractivity contribution in [1.29, 1.82) is 0 Å². The van der Waals surface area contributed by atoms with Crippen molar-refractivity contribution < 1.29 is 12.8 Å². The summed E-state index contributed by atoms with van der Waals surface area (Å²) >= 11 is 6.10. The monoisotopic (exact) mass is 487 g/mol. The molecule has 0 fully saturated rings. The molecule has 0 amide bonds. The number of nitrogens with one attached hydrogen (secondary N) is 1. The number of nitrogens with zero attached hydrogens (tertiary/aromatic N) is 3. The minimum atomic E-state index is -3.68. The summed E-state index contributed by atoms with van der Waals surface area (Å²) in [5.41, 5.74) is 6.54. The summed E-state index contributed by atoms with van der Waals surface area (Å²) < 4.78 is 39.4. The highest BCUT2D eigenvalue weighted by Crippen LogP contribution is 2.39. The number of hydrogen-bond acceptors (Lipinski definition) is 7. The lowest BCUT2D eigenvalue weighted by Gasteiger charge is -2.38. The predicted octanol–water partition coefficient (Wildman–Crippen LogP) is 4.59. The molecule has 33 heavy (non-hydrogen) atoms. The molecule has 2 aromatic heterocycles. The summed E-state index contributed by atoms with van der Waals surface area (Å²) in [7, 11) is -3.68. The zero-order valence-electron chi connectivity index (χ0n) is 18.4. The van der Waals surface area contributed by atoms with Gasteiger partial charge in [-0.1, -0.05) is 24.3 Å². The van der Waals surface area contributed by atoms with Gasteiger partial charge in [0.25, 0.3) is 0 Å². The number of halogens is 2. The van der Waals surface area contributed by atoms with Crippen LogP contribution in [-0.4, -0.2) is 34.7 Å². The average molecular weight is 488 g/mol. The second-order valence-electron chi connectivity index (χ2n) is 8.68. The van der Waals surface area contributed by atoms with Gasteiger partial charge in [0, 0.05) is 34.6 Å². The Bertz CT molecular complexity index is 1440. The van der Waals surface area contributed by atoms with Crippen molar-refractivity contribution in [3.63, 3.8) is 0 Å². The summed E-state index contributed by atoms with van der Waals surface area (Å²) in [6.07, 6.45) is 4.79. The topological polar surface area (TPSA) is 110 Å². The fourth-order valence-corrected chi connectivity index (χ4v) is 5.64. The van der Waals surface area contributed by atoms with E-state index in [1.807, 2.05) is 0 Å². The summed E-state index contributed by atoms with van der Waals surface area (Å²) in [5.74, 6) is -0.582. The first-order valence-electron chi connectivity index (χ1n) is 10.1. The van der Waals surface area contributed by atoms with Crippen molar-refractivity contribution in [2.75, 3.05) is 11.1 Å². The maximum atomic E-state index is 14.9. The summed E-state index contributed by atoms with van der Waals surface area (Å²) in [4.78, 5) is 13.2. The number of hydrogen-bond donors (Lipinski definition) is 2. The van der Waals surface area contributed by atoms with Crippen molar-refractivity contribution in [3.05, 3.63) is 65.2 Å². The molecule has 1 aromatic carbocycles. The maximum Gasteiger partial charge on any atom is 0.165 e. The number of fused-ring (bicyclic) bond motifs is 1. The third-order valence-corrected chi connectivity index (χ3v) is 8.90. The van der Waals surface area contributed by atoms with Gasteiger partial charge in [-0.2, -0.15) is 0 Å². The van der Waals surface area contributed by atoms with Crippen LogP contribution in [0.3, 0.4) is 0 Å². The third kappa shape index (κ3) is 3.85.